The van der Waals surface area contributed by atoms with Gasteiger partial charge in [0.2, 0.25) is 18.6 Å². The minimum Gasteiger partial charge on any atom is -0.454 e. The van der Waals surface area contributed by atoms with Gasteiger partial charge in [-0.25, -0.2) is 0 Å². The molecule has 198 valence electrons. The lowest BCUT2D eigenvalue weighted by Gasteiger charge is -2.32. The van der Waals surface area contributed by atoms with E-state index in [0.29, 0.717) is 35.1 Å². The molecule has 1 saturated heterocycles. The highest BCUT2D eigenvalue weighted by atomic mass is 32.1. The Hall–Kier alpha value is -3.89. The molecule has 0 spiro atoms. The summed E-state index contributed by atoms with van der Waals surface area (Å²) in [6.07, 6.45) is 1.80. The number of carbonyl (C=O) groups is 3. The molecule has 0 unspecified atom stereocenters. The van der Waals surface area contributed by atoms with Crippen LogP contribution in [0.25, 0.3) is 0 Å². The molecule has 0 radical (unpaired) electrons. The number of benzene rings is 2. The molecule has 5 rings (SSSR count). The van der Waals surface area contributed by atoms with Crippen LogP contribution >= 0.6 is 11.3 Å². The molecule has 3 amide bonds. The average molecular weight is 536 g/mol. The number of ether oxygens (including phenoxy) is 3. The van der Waals surface area contributed by atoms with E-state index >= 15 is 0 Å². The van der Waals surface area contributed by atoms with Gasteiger partial charge in [-0.3, -0.25) is 14.4 Å². The largest absolute Gasteiger partial charge is 0.454 e. The zero-order valence-corrected chi connectivity index (χ0v) is 21.6. The lowest BCUT2D eigenvalue weighted by molar-refractivity contribution is -0.141. The first kappa shape index (κ1) is 25.7. The number of rotatable bonds is 10. The maximum atomic E-state index is 13.7. The zero-order valence-electron chi connectivity index (χ0n) is 20.8. The van der Waals surface area contributed by atoms with Gasteiger partial charge in [0.1, 0.15) is 6.04 Å². The van der Waals surface area contributed by atoms with Gasteiger partial charge in [-0.1, -0.05) is 42.5 Å². The Labute approximate surface area is 224 Å². The van der Waals surface area contributed by atoms with Crippen molar-refractivity contribution >= 4 is 29.1 Å². The van der Waals surface area contributed by atoms with Crippen molar-refractivity contribution in [2.45, 2.75) is 31.5 Å². The van der Waals surface area contributed by atoms with Gasteiger partial charge in [0.25, 0.3) is 5.91 Å². The summed E-state index contributed by atoms with van der Waals surface area (Å²) >= 11 is 1.29. The van der Waals surface area contributed by atoms with Crippen LogP contribution in [0.5, 0.6) is 11.5 Å². The molecule has 1 fully saturated rings. The summed E-state index contributed by atoms with van der Waals surface area (Å²) in [5.41, 5.74) is 1.43. The maximum Gasteiger partial charge on any atom is 0.261 e. The molecule has 0 bridgehead atoms. The molecular formula is C28H29N3O6S. The van der Waals surface area contributed by atoms with Gasteiger partial charge in [-0.05, 0) is 47.5 Å². The summed E-state index contributed by atoms with van der Waals surface area (Å²) in [4.78, 5) is 41.9. The zero-order chi connectivity index (χ0) is 26.3. The van der Waals surface area contributed by atoms with Gasteiger partial charge in [0.05, 0.1) is 17.5 Å². The van der Waals surface area contributed by atoms with E-state index in [1.165, 1.54) is 16.2 Å². The molecule has 2 aliphatic heterocycles. The summed E-state index contributed by atoms with van der Waals surface area (Å²) in [7, 11) is 0. The van der Waals surface area contributed by atoms with E-state index in [1.54, 1.807) is 29.6 Å². The molecule has 2 N–H and O–H groups in total. The molecule has 1 aromatic heterocycles. The average Bonchev–Trinajstić information content (AvgIpc) is 3.73. The highest BCUT2D eigenvalue weighted by Gasteiger charge is 2.32. The van der Waals surface area contributed by atoms with Gasteiger partial charge in [-0.2, -0.15) is 0 Å². The standard InChI is InChI=1S/C28H29N3O6S/c32-25(16-30-27(33)24-9-5-13-38-24)31(17-19-10-11-22-23(14-19)37-18-36-22)26(20-6-2-1-3-7-20)28(34)29-15-21-8-4-12-35-21/h1-3,5-7,9-11,13-14,21,26H,4,8,12,15-18H2,(H,29,34)(H,30,33)/t21-,26+/m0/s1. The maximum absolute atomic E-state index is 13.7. The first-order valence-electron chi connectivity index (χ1n) is 12.5. The number of nitrogens with zero attached hydrogens (tertiary/aromatic N) is 1. The Kier molecular flexibility index (Phi) is 8.20. The summed E-state index contributed by atoms with van der Waals surface area (Å²) < 4.78 is 16.6. The molecule has 2 aliphatic rings. The normalized spacial score (nSPS) is 16.6. The van der Waals surface area contributed by atoms with E-state index in [4.69, 9.17) is 14.2 Å². The van der Waals surface area contributed by atoms with E-state index in [9.17, 15) is 14.4 Å². The Bertz CT molecular complexity index is 1260. The smallest absolute Gasteiger partial charge is 0.261 e. The fourth-order valence-corrected chi connectivity index (χ4v) is 5.18. The molecule has 38 heavy (non-hydrogen) atoms. The van der Waals surface area contributed by atoms with Crippen molar-refractivity contribution in [3.8, 4) is 11.5 Å². The van der Waals surface area contributed by atoms with Crippen LogP contribution in [0.3, 0.4) is 0 Å². The van der Waals surface area contributed by atoms with E-state index in [-0.39, 0.29) is 37.8 Å². The van der Waals surface area contributed by atoms with E-state index in [2.05, 4.69) is 10.6 Å². The number of carbonyl (C=O) groups excluding carboxylic acids is 3. The number of amides is 3. The van der Waals surface area contributed by atoms with E-state index < -0.39 is 11.9 Å². The summed E-state index contributed by atoms with van der Waals surface area (Å²) in [5.74, 6) is 0.165. The van der Waals surface area contributed by atoms with E-state index in [0.717, 1.165) is 18.4 Å². The Morgan fingerprint density at radius 2 is 1.84 bits per heavy atom. The highest BCUT2D eigenvalue weighted by molar-refractivity contribution is 7.12. The first-order valence-corrected chi connectivity index (χ1v) is 13.4. The molecule has 9 nitrogen and oxygen atoms in total. The van der Waals surface area contributed by atoms with Gasteiger partial charge in [0, 0.05) is 19.7 Å². The highest BCUT2D eigenvalue weighted by Crippen LogP contribution is 2.34. The predicted molar refractivity (Wildman–Crippen MR) is 141 cm³/mol. The van der Waals surface area contributed by atoms with Gasteiger partial charge in [-0.15, -0.1) is 11.3 Å². The molecule has 10 heteroatoms. The van der Waals surface area contributed by atoms with Crippen molar-refractivity contribution in [1.29, 1.82) is 0 Å². The van der Waals surface area contributed by atoms with Crippen LogP contribution in [0.4, 0.5) is 0 Å². The second kappa shape index (κ2) is 12.1. The third-order valence-corrected chi connectivity index (χ3v) is 7.33. The minimum atomic E-state index is -0.922. The van der Waals surface area contributed by atoms with Crippen LogP contribution in [-0.4, -0.2) is 55.2 Å². The molecule has 2 atom stereocenters. The monoisotopic (exact) mass is 535 g/mol. The lowest BCUT2D eigenvalue weighted by Crippen LogP contribution is -2.47. The van der Waals surface area contributed by atoms with Crippen molar-refractivity contribution in [3.05, 3.63) is 82.0 Å². The molecule has 0 saturated carbocycles. The fourth-order valence-electron chi connectivity index (χ4n) is 4.54. The minimum absolute atomic E-state index is 0.0431. The van der Waals surface area contributed by atoms with Gasteiger partial charge in [0.15, 0.2) is 11.5 Å². The van der Waals surface area contributed by atoms with Crippen LogP contribution in [0.2, 0.25) is 0 Å². The number of thiophene rings is 1. The van der Waals surface area contributed by atoms with Crippen molar-refractivity contribution in [2.24, 2.45) is 0 Å². The fraction of sp³-hybridized carbons (Fsp3) is 0.321. The Morgan fingerprint density at radius 3 is 2.61 bits per heavy atom. The number of fused-ring (bicyclic) bond motifs is 1. The van der Waals surface area contributed by atoms with Crippen molar-refractivity contribution in [3.63, 3.8) is 0 Å². The second-order valence-electron chi connectivity index (χ2n) is 9.06. The van der Waals surface area contributed by atoms with Gasteiger partial charge < -0.3 is 29.7 Å². The second-order valence-corrected chi connectivity index (χ2v) is 10.0. The first-order chi connectivity index (χ1) is 18.6. The number of nitrogens with one attached hydrogen (secondary N) is 2. The molecule has 2 aromatic carbocycles. The van der Waals surface area contributed by atoms with Crippen molar-refractivity contribution in [1.82, 2.24) is 15.5 Å². The lowest BCUT2D eigenvalue weighted by atomic mass is 10.0. The van der Waals surface area contributed by atoms with Crippen molar-refractivity contribution < 1.29 is 28.6 Å². The SMILES string of the molecule is O=C(NCC(=O)N(Cc1ccc2c(c1)OCO2)[C@@H](C(=O)NC[C@@H]1CCCO1)c1ccccc1)c1cccs1. The van der Waals surface area contributed by atoms with E-state index in [1.807, 2.05) is 36.4 Å². The molecular weight excluding hydrogens is 506 g/mol. The van der Waals surface area contributed by atoms with Gasteiger partial charge >= 0.3 is 0 Å². The summed E-state index contributed by atoms with van der Waals surface area (Å²) in [5, 5.41) is 7.48. The molecule has 3 heterocycles. The predicted octanol–water partition coefficient (Wildman–Crippen LogP) is 3.27. The van der Waals surface area contributed by atoms with Crippen LogP contribution in [0.1, 0.15) is 39.7 Å². The Balaban J connectivity index is 1.41. The van der Waals surface area contributed by atoms with Crippen molar-refractivity contribution in [2.75, 3.05) is 26.5 Å². The third-order valence-electron chi connectivity index (χ3n) is 6.46. The molecule has 0 aliphatic carbocycles. The summed E-state index contributed by atoms with van der Waals surface area (Å²) in [6.45, 7) is 1.04. The number of hydrogen-bond donors (Lipinski definition) is 2. The number of hydrogen-bond acceptors (Lipinski definition) is 7. The quantitative estimate of drug-likeness (QED) is 0.413. The third kappa shape index (κ3) is 6.15. The van der Waals surface area contributed by atoms with Crippen LogP contribution in [0, 0.1) is 0 Å². The summed E-state index contributed by atoms with van der Waals surface area (Å²) in [6, 6.07) is 17.1. The van der Waals surface area contributed by atoms with Crippen LogP contribution in [-0.2, 0) is 20.9 Å². The molecule has 3 aromatic rings. The van der Waals surface area contributed by atoms with Crippen LogP contribution < -0.4 is 20.1 Å². The Morgan fingerprint density at radius 1 is 1.00 bits per heavy atom. The van der Waals surface area contributed by atoms with Crippen LogP contribution in [0.15, 0.2) is 66.0 Å². The topological polar surface area (TPSA) is 106 Å².